The van der Waals surface area contributed by atoms with Crippen molar-refractivity contribution >= 4 is 11.6 Å². The largest absolute Gasteiger partial charge is 0.380 e. The highest BCUT2D eigenvalue weighted by atomic mass is 16.5. The van der Waals surface area contributed by atoms with Gasteiger partial charge in [0.05, 0.1) is 12.1 Å². The van der Waals surface area contributed by atoms with Gasteiger partial charge >= 0.3 is 0 Å². The van der Waals surface area contributed by atoms with Gasteiger partial charge in [0.2, 0.25) is 0 Å². The van der Waals surface area contributed by atoms with Crippen LogP contribution in [0, 0.1) is 0 Å². The van der Waals surface area contributed by atoms with Crippen molar-refractivity contribution in [2.24, 2.45) is 7.05 Å². The molecule has 1 aliphatic rings. The molecule has 8 heteroatoms. The molecule has 0 spiro atoms. The lowest BCUT2D eigenvalue weighted by atomic mass is 10.2. The molecule has 1 N–H and O–H groups in total. The summed E-state index contributed by atoms with van der Waals surface area (Å²) >= 11 is 0. The standard InChI is InChI=1S/C15H20N6O2/c1-20-6-5-17-14(15(20)22)18-8-11-7-12(23-2)9-21(11)13-3-4-16-10-19-13/h3-6,10-12H,7-9H2,1-2H3,(H,17,18)/t11-,12-/m1/s1. The van der Waals surface area contributed by atoms with E-state index in [0.29, 0.717) is 12.4 Å². The van der Waals surface area contributed by atoms with Crippen LogP contribution in [-0.2, 0) is 11.8 Å². The number of hydrogen-bond donors (Lipinski definition) is 1. The van der Waals surface area contributed by atoms with E-state index in [4.69, 9.17) is 4.74 Å². The molecular weight excluding hydrogens is 296 g/mol. The molecule has 2 aromatic rings. The van der Waals surface area contributed by atoms with Crippen LogP contribution in [0.2, 0.25) is 0 Å². The Labute approximate surface area is 134 Å². The molecule has 1 saturated heterocycles. The average Bonchev–Trinajstić information content (AvgIpc) is 3.00. The molecule has 2 aromatic heterocycles. The molecule has 3 heterocycles. The zero-order chi connectivity index (χ0) is 16.2. The predicted octanol–water partition coefficient (Wildman–Crippen LogP) is 0.276. The molecule has 0 unspecified atom stereocenters. The highest BCUT2D eigenvalue weighted by molar-refractivity contribution is 5.42. The molecule has 0 amide bonds. The first-order chi connectivity index (χ1) is 11.2. The minimum Gasteiger partial charge on any atom is -0.380 e. The molecule has 23 heavy (non-hydrogen) atoms. The van der Waals surface area contributed by atoms with Crippen molar-refractivity contribution in [3.05, 3.63) is 41.3 Å². The third-order valence-corrected chi connectivity index (χ3v) is 4.09. The minimum atomic E-state index is -0.137. The first-order valence-corrected chi connectivity index (χ1v) is 7.50. The fraction of sp³-hybridized carbons (Fsp3) is 0.467. The van der Waals surface area contributed by atoms with Gasteiger partial charge in [-0.2, -0.15) is 0 Å². The van der Waals surface area contributed by atoms with Crippen LogP contribution in [0.3, 0.4) is 0 Å². The van der Waals surface area contributed by atoms with Gasteiger partial charge in [0.25, 0.3) is 5.56 Å². The number of nitrogens with zero attached hydrogens (tertiary/aromatic N) is 5. The Kier molecular flexibility index (Phi) is 4.52. The Morgan fingerprint density at radius 3 is 3.00 bits per heavy atom. The first kappa shape index (κ1) is 15.4. The van der Waals surface area contributed by atoms with E-state index in [1.54, 1.807) is 32.7 Å². The molecule has 3 rings (SSSR count). The summed E-state index contributed by atoms with van der Waals surface area (Å²) in [6.45, 7) is 1.36. The fourth-order valence-corrected chi connectivity index (χ4v) is 2.81. The summed E-state index contributed by atoms with van der Waals surface area (Å²) in [6, 6.07) is 2.05. The fourth-order valence-electron chi connectivity index (χ4n) is 2.81. The highest BCUT2D eigenvalue weighted by Crippen LogP contribution is 2.25. The zero-order valence-electron chi connectivity index (χ0n) is 13.2. The number of hydrogen-bond acceptors (Lipinski definition) is 7. The van der Waals surface area contributed by atoms with Gasteiger partial charge in [-0.3, -0.25) is 4.79 Å². The Hall–Kier alpha value is -2.48. The quantitative estimate of drug-likeness (QED) is 0.848. The van der Waals surface area contributed by atoms with E-state index in [2.05, 4.69) is 25.2 Å². The molecule has 0 saturated carbocycles. The van der Waals surface area contributed by atoms with Crippen molar-refractivity contribution in [1.29, 1.82) is 0 Å². The lowest BCUT2D eigenvalue weighted by Gasteiger charge is -2.25. The van der Waals surface area contributed by atoms with Gasteiger partial charge in [-0.1, -0.05) is 0 Å². The first-order valence-electron chi connectivity index (χ1n) is 7.50. The van der Waals surface area contributed by atoms with Gasteiger partial charge in [-0.05, 0) is 12.5 Å². The van der Waals surface area contributed by atoms with Crippen LogP contribution in [0.5, 0.6) is 0 Å². The normalized spacial score (nSPS) is 20.7. The summed E-state index contributed by atoms with van der Waals surface area (Å²) in [4.78, 5) is 26.6. The molecule has 8 nitrogen and oxygen atoms in total. The molecule has 0 aliphatic carbocycles. The molecule has 1 fully saturated rings. The zero-order valence-corrected chi connectivity index (χ0v) is 13.2. The predicted molar refractivity (Wildman–Crippen MR) is 86.5 cm³/mol. The van der Waals surface area contributed by atoms with Crippen molar-refractivity contribution in [3.8, 4) is 0 Å². The molecule has 122 valence electrons. The van der Waals surface area contributed by atoms with E-state index in [0.717, 1.165) is 18.8 Å². The van der Waals surface area contributed by atoms with Crippen LogP contribution in [0.1, 0.15) is 6.42 Å². The number of rotatable bonds is 5. The van der Waals surface area contributed by atoms with Gasteiger partial charge < -0.3 is 19.5 Å². The van der Waals surface area contributed by atoms with Crippen molar-refractivity contribution in [1.82, 2.24) is 19.5 Å². The monoisotopic (exact) mass is 316 g/mol. The molecule has 2 atom stereocenters. The lowest BCUT2D eigenvalue weighted by molar-refractivity contribution is 0.118. The van der Waals surface area contributed by atoms with E-state index < -0.39 is 0 Å². The van der Waals surface area contributed by atoms with Crippen LogP contribution < -0.4 is 15.8 Å². The average molecular weight is 316 g/mol. The van der Waals surface area contributed by atoms with Gasteiger partial charge in [0.1, 0.15) is 12.1 Å². The second kappa shape index (κ2) is 6.74. The number of aromatic nitrogens is 4. The number of anilines is 2. The number of methoxy groups -OCH3 is 1. The Morgan fingerprint density at radius 2 is 2.26 bits per heavy atom. The van der Waals surface area contributed by atoms with E-state index >= 15 is 0 Å². The Balaban J connectivity index is 1.74. The van der Waals surface area contributed by atoms with E-state index in [-0.39, 0.29) is 17.7 Å². The van der Waals surface area contributed by atoms with Gasteiger partial charge in [0, 0.05) is 45.8 Å². The van der Waals surface area contributed by atoms with E-state index in [1.807, 2.05) is 6.07 Å². The van der Waals surface area contributed by atoms with Crippen LogP contribution in [0.15, 0.2) is 35.8 Å². The summed E-state index contributed by atoms with van der Waals surface area (Å²) in [5, 5.41) is 3.16. The molecule has 0 radical (unpaired) electrons. The summed E-state index contributed by atoms with van der Waals surface area (Å²) in [5.41, 5.74) is -0.137. The lowest BCUT2D eigenvalue weighted by Crippen LogP contribution is -2.37. The van der Waals surface area contributed by atoms with E-state index in [1.165, 1.54) is 10.9 Å². The third kappa shape index (κ3) is 3.31. The highest BCUT2D eigenvalue weighted by Gasteiger charge is 2.33. The Morgan fingerprint density at radius 1 is 1.39 bits per heavy atom. The van der Waals surface area contributed by atoms with Crippen molar-refractivity contribution in [2.45, 2.75) is 18.6 Å². The van der Waals surface area contributed by atoms with E-state index in [9.17, 15) is 4.79 Å². The summed E-state index contributed by atoms with van der Waals surface area (Å²) in [6.07, 6.45) is 7.51. The van der Waals surface area contributed by atoms with Crippen LogP contribution in [0.25, 0.3) is 0 Å². The third-order valence-electron chi connectivity index (χ3n) is 4.09. The number of nitrogens with one attached hydrogen (secondary N) is 1. The van der Waals surface area contributed by atoms with Crippen molar-refractivity contribution in [3.63, 3.8) is 0 Å². The van der Waals surface area contributed by atoms with Crippen molar-refractivity contribution in [2.75, 3.05) is 30.4 Å². The van der Waals surface area contributed by atoms with Crippen molar-refractivity contribution < 1.29 is 4.74 Å². The maximum absolute atomic E-state index is 12.0. The maximum Gasteiger partial charge on any atom is 0.293 e. The summed E-state index contributed by atoms with van der Waals surface area (Å²) in [7, 11) is 3.42. The topological polar surface area (TPSA) is 85.2 Å². The van der Waals surface area contributed by atoms with Crippen LogP contribution in [-0.4, -0.2) is 51.9 Å². The van der Waals surface area contributed by atoms with Crippen LogP contribution >= 0.6 is 0 Å². The van der Waals surface area contributed by atoms with Gasteiger partial charge in [-0.25, -0.2) is 15.0 Å². The summed E-state index contributed by atoms with van der Waals surface area (Å²) < 4.78 is 7.00. The second-order valence-electron chi connectivity index (χ2n) is 5.54. The van der Waals surface area contributed by atoms with Gasteiger partial charge in [0.15, 0.2) is 5.82 Å². The van der Waals surface area contributed by atoms with Gasteiger partial charge in [-0.15, -0.1) is 0 Å². The second-order valence-corrected chi connectivity index (χ2v) is 5.54. The Bertz CT molecular complexity index is 705. The molecule has 0 aromatic carbocycles. The number of ether oxygens (including phenoxy) is 1. The number of aryl methyl sites for hydroxylation is 1. The van der Waals surface area contributed by atoms with Crippen LogP contribution in [0.4, 0.5) is 11.6 Å². The molecule has 0 bridgehead atoms. The maximum atomic E-state index is 12.0. The minimum absolute atomic E-state index is 0.137. The summed E-state index contributed by atoms with van der Waals surface area (Å²) in [5.74, 6) is 1.22. The molecule has 1 aliphatic heterocycles. The molecular formula is C15H20N6O2. The smallest absolute Gasteiger partial charge is 0.293 e. The SMILES string of the molecule is CO[C@@H]1C[C@H](CNc2nccn(C)c2=O)N(c2ccncn2)C1.